The maximum atomic E-state index is 11.4. The Hall–Kier alpha value is -1.42. The largest absolute Gasteiger partial charge is 0.306 e. The molecule has 1 heterocycles. The molecule has 1 aromatic heterocycles. The van der Waals surface area contributed by atoms with E-state index in [-0.39, 0.29) is 5.78 Å². The molecule has 1 aromatic rings. The number of Topliss-reactive ketones (excluding diaryl/α,β-unsaturated/α-hetero) is 1. The minimum absolute atomic E-state index is 0.0509. The molecular weight excluding hydrogens is 166 g/mol. The van der Waals surface area contributed by atoms with Crippen LogP contribution in [0.25, 0.3) is 0 Å². The van der Waals surface area contributed by atoms with Crippen molar-refractivity contribution in [2.24, 2.45) is 7.05 Å². The van der Waals surface area contributed by atoms with E-state index in [2.05, 4.69) is 17.0 Å². The van der Waals surface area contributed by atoms with Crippen LogP contribution < -0.4 is 5.32 Å². The Morgan fingerprint density at radius 1 is 1.85 bits per heavy atom. The first-order valence-electron chi connectivity index (χ1n) is 4.07. The Labute approximate surface area is 77.3 Å². The number of hydrogen-bond donors (Lipinski definition) is 1. The van der Waals surface area contributed by atoms with Crippen LogP contribution in [-0.2, 0) is 7.05 Å². The maximum Gasteiger partial charge on any atom is 0.179 e. The molecule has 4 nitrogen and oxygen atoms in total. The molecule has 0 aliphatic heterocycles. The number of aryl methyl sites for hydroxylation is 1. The number of nitrogens with one attached hydrogen (secondary N) is 1. The summed E-state index contributed by atoms with van der Waals surface area (Å²) in [5.41, 5.74) is 0.638. The lowest BCUT2D eigenvalue weighted by molar-refractivity contribution is 0.0992. The van der Waals surface area contributed by atoms with Crippen molar-refractivity contribution in [1.82, 2.24) is 15.1 Å². The van der Waals surface area contributed by atoms with E-state index in [1.807, 2.05) is 0 Å². The van der Waals surface area contributed by atoms with Crippen LogP contribution in [0.1, 0.15) is 10.4 Å². The van der Waals surface area contributed by atoms with Crippen LogP contribution in [0.2, 0.25) is 0 Å². The molecule has 0 saturated carbocycles. The standard InChI is InChI=1S/C9H13N3O/c1-3-4-10-6-9(13)8-5-11-12(2)7-8/h3,5,7,10H,1,4,6H2,2H3. The Bertz CT molecular complexity index is 304. The molecule has 13 heavy (non-hydrogen) atoms. The van der Waals surface area contributed by atoms with Crippen molar-refractivity contribution < 1.29 is 4.79 Å². The van der Waals surface area contributed by atoms with Gasteiger partial charge in [-0.05, 0) is 0 Å². The van der Waals surface area contributed by atoms with E-state index in [0.29, 0.717) is 18.7 Å². The number of hydrogen-bond acceptors (Lipinski definition) is 3. The summed E-state index contributed by atoms with van der Waals surface area (Å²) in [5, 5.41) is 6.85. The summed E-state index contributed by atoms with van der Waals surface area (Å²) < 4.78 is 1.61. The Morgan fingerprint density at radius 2 is 2.62 bits per heavy atom. The first kappa shape index (κ1) is 9.67. The summed E-state index contributed by atoms with van der Waals surface area (Å²) in [4.78, 5) is 11.4. The first-order valence-corrected chi connectivity index (χ1v) is 4.07. The molecule has 0 unspecified atom stereocenters. The van der Waals surface area contributed by atoms with Crippen LogP contribution in [0, 0.1) is 0 Å². The highest BCUT2D eigenvalue weighted by molar-refractivity contribution is 5.97. The molecule has 4 heteroatoms. The van der Waals surface area contributed by atoms with Crippen molar-refractivity contribution in [3.8, 4) is 0 Å². The highest BCUT2D eigenvalue weighted by atomic mass is 16.1. The fourth-order valence-corrected chi connectivity index (χ4v) is 0.955. The predicted molar refractivity (Wildman–Crippen MR) is 50.6 cm³/mol. The van der Waals surface area contributed by atoms with E-state index in [1.165, 1.54) is 0 Å². The van der Waals surface area contributed by atoms with E-state index in [4.69, 9.17) is 0 Å². The number of nitrogens with zero attached hydrogens (tertiary/aromatic N) is 2. The van der Waals surface area contributed by atoms with E-state index in [0.717, 1.165) is 0 Å². The molecule has 1 rings (SSSR count). The number of aromatic nitrogens is 2. The molecule has 0 spiro atoms. The summed E-state index contributed by atoms with van der Waals surface area (Å²) >= 11 is 0. The van der Waals surface area contributed by atoms with Gasteiger partial charge in [0.1, 0.15) is 0 Å². The molecule has 0 saturated heterocycles. The van der Waals surface area contributed by atoms with Gasteiger partial charge >= 0.3 is 0 Å². The van der Waals surface area contributed by atoms with Gasteiger partial charge in [-0.25, -0.2) is 0 Å². The average molecular weight is 179 g/mol. The minimum atomic E-state index is 0.0509. The van der Waals surface area contributed by atoms with Gasteiger partial charge in [-0.1, -0.05) is 6.08 Å². The van der Waals surface area contributed by atoms with Crippen LogP contribution in [0.4, 0.5) is 0 Å². The molecule has 70 valence electrons. The number of rotatable bonds is 5. The van der Waals surface area contributed by atoms with Crippen molar-refractivity contribution in [1.29, 1.82) is 0 Å². The quantitative estimate of drug-likeness (QED) is 0.404. The second-order valence-corrected chi connectivity index (χ2v) is 2.75. The molecule has 1 N–H and O–H groups in total. The van der Waals surface area contributed by atoms with Crippen LogP contribution in [0.15, 0.2) is 25.0 Å². The zero-order valence-corrected chi connectivity index (χ0v) is 7.66. The van der Waals surface area contributed by atoms with Gasteiger partial charge in [-0.2, -0.15) is 5.10 Å². The fourth-order valence-electron chi connectivity index (χ4n) is 0.955. The molecule has 0 radical (unpaired) electrons. The first-order chi connectivity index (χ1) is 6.24. The topological polar surface area (TPSA) is 46.9 Å². The summed E-state index contributed by atoms with van der Waals surface area (Å²) in [6.07, 6.45) is 4.99. The lowest BCUT2D eigenvalue weighted by Crippen LogP contribution is -2.22. The lowest BCUT2D eigenvalue weighted by Gasteiger charge is -1.97. The highest BCUT2D eigenvalue weighted by Crippen LogP contribution is 1.96. The van der Waals surface area contributed by atoms with Gasteiger partial charge in [0, 0.05) is 19.8 Å². The van der Waals surface area contributed by atoms with Crippen LogP contribution in [0.5, 0.6) is 0 Å². The summed E-state index contributed by atoms with van der Waals surface area (Å²) in [7, 11) is 1.79. The Kier molecular flexibility index (Phi) is 3.40. The van der Waals surface area contributed by atoms with Crippen LogP contribution >= 0.6 is 0 Å². The van der Waals surface area contributed by atoms with Crippen LogP contribution in [0.3, 0.4) is 0 Å². The zero-order chi connectivity index (χ0) is 9.68. The number of carbonyl (C=O) groups is 1. The smallest absolute Gasteiger partial charge is 0.179 e. The van der Waals surface area contributed by atoms with Gasteiger partial charge in [-0.15, -0.1) is 6.58 Å². The lowest BCUT2D eigenvalue weighted by atomic mass is 10.2. The van der Waals surface area contributed by atoms with Gasteiger partial charge < -0.3 is 5.32 Å². The molecule has 0 fully saturated rings. The molecule has 0 aliphatic rings. The molecule has 0 aliphatic carbocycles. The molecule has 0 atom stereocenters. The van der Waals surface area contributed by atoms with E-state index in [1.54, 1.807) is 30.2 Å². The average Bonchev–Trinajstić information content (AvgIpc) is 2.52. The van der Waals surface area contributed by atoms with Crippen molar-refractivity contribution in [2.45, 2.75) is 0 Å². The van der Waals surface area contributed by atoms with E-state index >= 15 is 0 Å². The summed E-state index contributed by atoms with van der Waals surface area (Å²) in [6.45, 7) is 4.52. The van der Waals surface area contributed by atoms with Crippen molar-refractivity contribution >= 4 is 5.78 Å². The van der Waals surface area contributed by atoms with Crippen molar-refractivity contribution in [3.05, 3.63) is 30.6 Å². The molecule has 0 amide bonds. The number of ketones is 1. The third kappa shape index (κ3) is 2.83. The maximum absolute atomic E-state index is 11.4. The summed E-state index contributed by atoms with van der Waals surface area (Å²) in [6, 6.07) is 0. The minimum Gasteiger partial charge on any atom is -0.306 e. The molecular formula is C9H13N3O. The number of carbonyl (C=O) groups excluding carboxylic acids is 1. The highest BCUT2D eigenvalue weighted by Gasteiger charge is 2.05. The normalized spacial score (nSPS) is 9.92. The van der Waals surface area contributed by atoms with Gasteiger partial charge in [0.05, 0.1) is 18.3 Å². The van der Waals surface area contributed by atoms with Gasteiger partial charge in [-0.3, -0.25) is 9.48 Å². The summed E-state index contributed by atoms with van der Waals surface area (Å²) in [5.74, 6) is 0.0509. The van der Waals surface area contributed by atoms with Gasteiger partial charge in [0.2, 0.25) is 0 Å². The van der Waals surface area contributed by atoms with Crippen LogP contribution in [-0.4, -0.2) is 28.7 Å². The molecule has 0 bridgehead atoms. The van der Waals surface area contributed by atoms with Crippen molar-refractivity contribution in [2.75, 3.05) is 13.1 Å². The van der Waals surface area contributed by atoms with Gasteiger partial charge in [0.15, 0.2) is 5.78 Å². The predicted octanol–water partition coefficient (Wildman–Crippen LogP) is 0.378. The second kappa shape index (κ2) is 4.57. The third-order valence-electron chi connectivity index (χ3n) is 1.60. The third-order valence-corrected chi connectivity index (χ3v) is 1.60. The molecule has 0 aromatic carbocycles. The van der Waals surface area contributed by atoms with E-state index < -0.39 is 0 Å². The van der Waals surface area contributed by atoms with E-state index in [9.17, 15) is 4.79 Å². The zero-order valence-electron chi connectivity index (χ0n) is 7.66. The Morgan fingerprint density at radius 3 is 3.15 bits per heavy atom. The second-order valence-electron chi connectivity index (χ2n) is 2.75. The fraction of sp³-hybridized carbons (Fsp3) is 0.333. The van der Waals surface area contributed by atoms with Crippen molar-refractivity contribution in [3.63, 3.8) is 0 Å². The Balaban J connectivity index is 2.44. The SMILES string of the molecule is C=CCNCC(=O)c1cnn(C)c1. The monoisotopic (exact) mass is 179 g/mol. The van der Waals surface area contributed by atoms with Gasteiger partial charge in [0.25, 0.3) is 0 Å².